The van der Waals surface area contributed by atoms with E-state index < -0.39 is 49.5 Å². The fraction of sp³-hybridized carbons (Fsp3) is 0.878. The third-order valence-corrected chi connectivity index (χ3v) is 11.6. The monoisotopic (exact) mass is 854 g/mol. The number of esters is 1. The van der Waals surface area contributed by atoms with E-state index in [9.17, 15) is 35.1 Å². The van der Waals surface area contributed by atoms with Crippen LogP contribution in [0.15, 0.2) is 24.3 Å². The molecule has 7 unspecified atom stereocenters. The zero-order chi connectivity index (χ0) is 43.9. The van der Waals surface area contributed by atoms with Crippen LogP contribution in [0.25, 0.3) is 0 Å². The summed E-state index contributed by atoms with van der Waals surface area (Å²) in [5.74, 6) is -0.259. The Morgan fingerprint density at radius 3 is 1.60 bits per heavy atom. The second-order valence-corrected chi connectivity index (χ2v) is 17.2. The molecule has 11 heteroatoms. The second-order valence-electron chi connectivity index (χ2n) is 17.2. The van der Waals surface area contributed by atoms with Crippen molar-refractivity contribution in [1.82, 2.24) is 5.32 Å². The van der Waals surface area contributed by atoms with Crippen molar-refractivity contribution in [2.75, 3.05) is 19.8 Å². The number of aliphatic hydroxyl groups excluding tert-OH is 5. The van der Waals surface area contributed by atoms with Gasteiger partial charge in [-0.15, -0.1) is 0 Å². The summed E-state index contributed by atoms with van der Waals surface area (Å²) in [5, 5.41) is 54.0. The number of hydrogen-bond donors (Lipinski definition) is 6. The normalized spacial score (nSPS) is 20.6. The standard InChI is InChI=1S/C49H91NO10/c1-3-5-7-9-11-13-16-21-25-29-33-37-45(54)58-38-34-30-26-22-18-15-14-17-20-24-28-32-36-44(53)50-41(42(52)35-31-27-23-19-12-10-8-6-4-2)40-59-49-48(57)47(56)46(55)43(39-51)60-49/h15,18,31,35,41-43,46-49,51-52,55-57H,3-14,16-17,19-30,32-34,36-40H2,1-2H3,(H,50,53)/b18-15-,35-31+. The Kier molecular flexibility index (Phi) is 37.4. The molecule has 352 valence electrons. The smallest absolute Gasteiger partial charge is 0.305 e. The third-order valence-electron chi connectivity index (χ3n) is 11.6. The lowest BCUT2D eigenvalue weighted by atomic mass is 9.99. The van der Waals surface area contributed by atoms with Crippen LogP contribution in [-0.4, -0.2) is 100 Å². The zero-order valence-corrected chi connectivity index (χ0v) is 38.2. The highest BCUT2D eigenvalue weighted by Crippen LogP contribution is 2.22. The second kappa shape index (κ2) is 40.0. The predicted molar refractivity (Wildman–Crippen MR) is 241 cm³/mol. The average Bonchev–Trinajstić information content (AvgIpc) is 3.24. The van der Waals surface area contributed by atoms with E-state index in [1.807, 2.05) is 6.08 Å². The van der Waals surface area contributed by atoms with Gasteiger partial charge in [0.2, 0.25) is 5.91 Å². The van der Waals surface area contributed by atoms with Crippen LogP contribution in [0.4, 0.5) is 0 Å². The number of aliphatic hydroxyl groups is 5. The van der Waals surface area contributed by atoms with Crippen molar-refractivity contribution < 1.29 is 49.3 Å². The van der Waals surface area contributed by atoms with Gasteiger partial charge in [0.05, 0.1) is 32.0 Å². The molecule has 1 saturated heterocycles. The molecular formula is C49H91NO10. The molecule has 1 heterocycles. The average molecular weight is 854 g/mol. The molecule has 1 fully saturated rings. The number of unbranched alkanes of at least 4 members (excludes halogenated alkanes) is 25. The first-order chi connectivity index (χ1) is 29.2. The van der Waals surface area contributed by atoms with Crippen LogP contribution >= 0.6 is 0 Å². The number of carbonyl (C=O) groups excluding carboxylic acids is 2. The molecule has 0 aromatic heterocycles. The molecule has 1 aliphatic heterocycles. The van der Waals surface area contributed by atoms with E-state index in [1.165, 1.54) is 89.9 Å². The van der Waals surface area contributed by atoms with Crippen molar-refractivity contribution in [3.05, 3.63) is 24.3 Å². The third kappa shape index (κ3) is 30.2. The lowest BCUT2D eigenvalue weighted by Crippen LogP contribution is -2.60. The van der Waals surface area contributed by atoms with Gasteiger partial charge in [0, 0.05) is 12.8 Å². The van der Waals surface area contributed by atoms with Gasteiger partial charge in [0.25, 0.3) is 0 Å². The van der Waals surface area contributed by atoms with Gasteiger partial charge < -0.3 is 45.1 Å². The quantitative estimate of drug-likeness (QED) is 0.0198. The number of amides is 1. The van der Waals surface area contributed by atoms with Crippen molar-refractivity contribution in [1.29, 1.82) is 0 Å². The minimum absolute atomic E-state index is 0.0480. The molecule has 0 aromatic rings. The summed E-state index contributed by atoms with van der Waals surface area (Å²) in [6.07, 6.45) is 34.0. The van der Waals surface area contributed by atoms with Gasteiger partial charge in [-0.2, -0.15) is 0 Å². The van der Waals surface area contributed by atoms with Gasteiger partial charge in [-0.3, -0.25) is 9.59 Å². The number of rotatable bonds is 41. The summed E-state index contributed by atoms with van der Waals surface area (Å²) >= 11 is 0. The lowest BCUT2D eigenvalue weighted by molar-refractivity contribution is -0.302. The molecule has 0 aromatic carbocycles. The Labute approximate surface area is 365 Å². The summed E-state index contributed by atoms with van der Waals surface area (Å²) in [7, 11) is 0. The maximum atomic E-state index is 12.9. The first kappa shape index (κ1) is 56.2. The Hall–Kier alpha value is -1.86. The maximum absolute atomic E-state index is 12.9. The molecule has 0 spiro atoms. The molecule has 0 aliphatic carbocycles. The lowest BCUT2D eigenvalue weighted by Gasteiger charge is -2.40. The Bertz CT molecular complexity index is 1060. The van der Waals surface area contributed by atoms with Crippen LogP contribution in [0.1, 0.15) is 213 Å². The maximum Gasteiger partial charge on any atom is 0.305 e. The first-order valence-electron chi connectivity index (χ1n) is 24.6. The molecule has 0 radical (unpaired) electrons. The van der Waals surface area contributed by atoms with Crippen molar-refractivity contribution in [3.63, 3.8) is 0 Å². The molecule has 7 atom stereocenters. The Morgan fingerprint density at radius 2 is 1.07 bits per heavy atom. The van der Waals surface area contributed by atoms with E-state index in [1.54, 1.807) is 6.08 Å². The highest BCUT2D eigenvalue weighted by Gasteiger charge is 2.44. The predicted octanol–water partition coefficient (Wildman–Crippen LogP) is 9.44. The van der Waals surface area contributed by atoms with E-state index in [0.717, 1.165) is 96.3 Å². The number of nitrogens with one attached hydrogen (secondary N) is 1. The van der Waals surface area contributed by atoms with Gasteiger partial charge in [-0.1, -0.05) is 160 Å². The number of hydrogen-bond acceptors (Lipinski definition) is 10. The topological polar surface area (TPSA) is 175 Å². The van der Waals surface area contributed by atoms with Crippen molar-refractivity contribution in [2.45, 2.75) is 256 Å². The minimum Gasteiger partial charge on any atom is -0.466 e. The fourth-order valence-electron chi connectivity index (χ4n) is 7.54. The molecule has 11 nitrogen and oxygen atoms in total. The largest absolute Gasteiger partial charge is 0.466 e. The molecule has 1 amide bonds. The van der Waals surface area contributed by atoms with E-state index in [4.69, 9.17) is 14.2 Å². The number of ether oxygens (including phenoxy) is 3. The minimum atomic E-state index is -1.58. The number of carbonyl (C=O) groups is 2. The number of allylic oxidation sites excluding steroid dienone is 3. The van der Waals surface area contributed by atoms with Gasteiger partial charge in [-0.05, 0) is 64.2 Å². The van der Waals surface area contributed by atoms with Crippen molar-refractivity contribution in [2.24, 2.45) is 0 Å². The van der Waals surface area contributed by atoms with Crippen LogP contribution < -0.4 is 5.32 Å². The van der Waals surface area contributed by atoms with Crippen LogP contribution in [0.3, 0.4) is 0 Å². The van der Waals surface area contributed by atoms with Crippen LogP contribution in [-0.2, 0) is 23.8 Å². The van der Waals surface area contributed by atoms with E-state index in [0.29, 0.717) is 19.4 Å². The van der Waals surface area contributed by atoms with E-state index >= 15 is 0 Å². The Morgan fingerprint density at radius 1 is 0.600 bits per heavy atom. The van der Waals surface area contributed by atoms with Gasteiger partial charge in [-0.25, -0.2) is 0 Å². The molecule has 1 aliphatic rings. The summed E-state index contributed by atoms with van der Waals surface area (Å²) in [5.41, 5.74) is 0. The summed E-state index contributed by atoms with van der Waals surface area (Å²) in [6, 6.07) is -0.826. The highest BCUT2D eigenvalue weighted by atomic mass is 16.7. The van der Waals surface area contributed by atoms with Crippen LogP contribution in [0, 0.1) is 0 Å². The van der Waals surface area contributed by atoms with Crippen molar-refractivity contribution >= 4 is 11.9 Å². The molecule has 6 N–H and O–H groups in total. The SMILES string of the molecule is CCCCCCCCC/C=C/C(O)C(COC1OC(CO)C(O)C(O)C1O)NC(=O)CCCCCCC/C=C\CCCCCOC(=O)CCCCCCCCCCCCC. The summed E-state index contributed by atoms with van der Waals surface area (Å²) in [4.78, 5) is 24.9. The van der Waals surface area contributed by atoms with Gasteiger partial charge in [0.15, 0.2) is 6.29 Å². The zero-order valence-electron chi connectivity index (χ0n) is 38.2. The Balaban J connectivity index is 2.20. The van der Waals surface area contributed by atoms with E-state index in [2.05, 4.69) is 31.3 Å². The molecule has 60 heavy (non-hydrogen) atoms. The summed E-state index contributed by atoms with van der Waals surface area (Å²) in [6.45, 7) is 4.21. The molecule has 0 saturated carbocycles. The first-order valence-corrected chi connectivity index (χ1v) is 24.6. The fourth-order valence-corrected chi connectivity index (χ4v) is 7.54. The summed E-state index contributed by atoms with van der Waals surface area (Å²) < 4.78 is 16.6. The molecule has 1 rings (SSSR count). The van der Waals surface area contributed by atoms with Gasteiger partial charge >= 0.3 is 5.97 Å². The highest BCUT2D eigenvalue weighted by molar-refractivity contribution is 5.76. The molecular weight excluding hydrogens is 763 g/mol. The molecule has 0 bridgehead atoms. The van der Waals surface area contributed by atoms with Crippen molar-refractivity contribution in [3.8, 4) is 0 Å². The van der Waals surface area contributed by atoms with Crippen LogP contribution in [0.2, 0.25) is 0 Å². The van der Waals surface area contributed by atoms with Crippen LogP contribution in [0.5, 0.6) is 0 Å². The van der Waals surface area contributed by atoms with E-state index in [-0.39, 0.29) is 18.5 Å². The van der Waals surface area contributed by atoms with Gasteiger partial charge in [0.1, 0.15) is 24.4 Å².